The summed E-state index contributed by atoms with van der Waals surface area (Å²) in [6, 6.07) is 0. The van der Waals surface area contributed by atoms with Crippen molar-refractivity contribution in [2.24, 2.45) is 5.92 Å². The molecule has 0 aromatic heterocycles. The van der Waals surface area contributed by atoms with Gasteiger partial charge in [0.2, 0.25) is 0 Å². The molecule has 0 radical (unpaired) electrons. The molecular formula is C38H60O9. The molecule has 2 N–H and O–H groups in total. The molecule has 2 saturated heterocycles. The van der Waals surface area contributed by atoms with Crippen molar-refractivity contribution in [3.63, 3.8) is 0 Å². The molecule has 0 bridgehead atoms. The van der Waals surface area contributed by atoms with Crippen molar-refractivity contribution in [3.8, 4) is 0 Å². The van der Waals surface area contributed by atoms with E-state index < -0.39 is 53.8 Å². The van der Waals surface area contributed by atoms with Gasteiger partial charge in [-0.1, -0.05) is 109 Å². The molecule has 2 aliphatic heterocycles. The molecule has 1 aliphatic carbocycles. The lowest BCUT2D eigenvalue weighted by Crippen LogP contribution is -2.39. The molecule has 6 unspecified atom stereocenters. The van der Waals surface area contributed by atoms with Gasteiger partial charge in [0.15, 0.2) is 0 Å². The SMILES string of the molecule is C=C1C(=O)OC2C1C(OC(=O)C(C)=CCOC(=O)CC(O)CCCCCCCCCCCCCCC)CC(C)=CCCC1(CO)OC21. The van der Waals surface area contributed by atoms with Gasteiger partial charge in [-0.05, 0) is 39.2 Å². The van der Waals surface area contributed by atoms with Gasteiger partial charge in [-0.15, -0.1) is 0 Å². The van der Waals surface area contributed by atoms with Crippen LogP contribution in [0, 0.1) is 5.92 Å². The zero-order chi connectivity index (χ0) is 34.2. The second kappa shape index (κ2) is 20.1. The number of aliphatic hydroxyl groups is 2. The molecule has 266 valence electrons. The van der Waals surface area contributed by atoms with E-state index >= 15 is 0 Å². The van der Waals surface area contributed by atoms with Gasteiger partial charge < -0.3 is 29.2 Å². The Bertz CT molecular complexity index is 1090. The van der Waals surface area contributed by atoms with Gasteiger partial charge in [-0.3, -0.25) is 4.79 Å². The number of ether oxygens (including phenoxy) is 4. The predicted octanol–water partition coefficient (Wildman–Crippen LogP) is 6.98. The molecular weight excluding hydrogens is 600 g/mol. The first kappa shape index (κ1) is 39.0. The Morgan fingerprint density at radius 2 is 1.68 bits per heavy atom. The van der Waals surface area contributed by atoms with Crippen LogP contribution in [0.4, 0.5) is 0 Å². The Hall–Kier alpha value is -2.49. The summed E-state index contributed by atoms with van der Waals surface area (Å²) in [6.45, 7) is 9.37. The minimum absolute atomic E-state index is 0.0823. The number of esters is 3. The van der Waals surface area contributed by atoms with Gasteiger partial charge in [0, 0.05) is 17.6 Å². The summed E-state index contributed by atoms with van der Waals surface area (Å²) in [5.74, 6) is -2.29. The summed E-state index contributed by atoms with van der Waals surface area (Å²) in [5.41, 5.74) is 0.671. The quantitative estimate of drug-likeness (QED) is 0.0334. The van der Waals surface area contributed by atoms with Gasteiger partial charge in [0.05, 0.1) is 25.0 Å². The Balaban J connectivity index is 1.34. The normalized spacial score (nSPS) is 26.5. The molecule has 0 saturated carbocycles. The van der Waals surface area contributed by atoms with Crippen LogP contribution < -0.4 is 0 Å². The smallest absolute Gasteiger partial charge is 0.334 e. The number of carbonyl (C=O) groups excluding carboxylic acids is 3. The maximum Gasteiger partial charge on any atom is 0.334 e. The van der Waals surface area contributed by atoms with E-state index in [1.807, 2.05) is 13.0 Å². The lowest BCUT2D eigenvalue weighted by atomic mass is 9.81. The molecule has 9 nitrogen and oxygen atoms in total. The second-order valence-electron chi connectivity index (χ2n) is 13.9. The summed E-state index contributed by atoms with van der Waals surface area (Å²) in [5, 5.41) is 20.3. The zero-order valence-corrected chi connectivity index (χ0v) is 29.1. The fraction of sp³-hybridized carbons (Fsp3) is 0.763. The fourth-order valence-electron chi connectivity index (χ4n) is 6.82. The molecule has 2 fully saturated rings. The summed E-state index contributed by atoms with van der Waals surface area (Å²) >= 11 is 0. The summed E-state index contributed by atoms with van der Waals surface area (Å²) in [4.78, 5) is 37.9. The molecule has 2 heterocycles. The van der Waals surface area contributed by atoms with E-state index in [0.29, 0.717) is 25.7 Å². The molecule has 0 amide bonds. The van der Waals surface area contributed by atoms with Crippen LogP contribution >= 0.6 is 0 Å². The molecule has 0 spiro atoms. The first-order valence-electron chi connectivity index (χ1n) is 18.2. The van der Waals surface area contributed by atoms with Crippen LogP contribution in [-0.2, 0) is 33.3 Å². The van der Waals surface area contributed by atoms with E-state index in [2.05, 4.69) is 13.5 Å². The van der Waals surface area contributed by atoms with Crippen LogP contribution in [0.5, 0.6) is 0 Å². The summed E-state index contributed by atoms with van der Waals surface area (Å²) in [6.07, 6.45) is 19.3. The van der Waals surface area contributed by atoms with Gasteiger partial charge in [-0.2, -0.15) is 0 Å². The number of epoxide rings is 1. The van der Waals surface area contributed by atoms with Crippen molar-refractivity contribution in [2.75, 3.05) is 13.2 Å². The number of fused-ring (bicyclic) bond motifs is 3. The van der Waals surface area contributed by atoms with Gasteiger partial charge in [0.25, 0.3) is 0 Å². The standard InChI is InChI=1S/C38H60O9/c1-5-6-7-8-9-10-11-12-13-14-15-16-17-20-30(40)25-32(41)44-23-21-28(3)36(42)45-31-24-27(2)19-18-22-38(26-39)35(47-38)34-33(31)29(4)37(43)46-34/h19,21,30-31,33-35,39-40H,4-18,20,22-26H2,1-3H3. The maximum atomic E-state index is 13.1. The Morgan fingerprint density at radius 1 is 1.06 bits per heavy atom. The topological polar surface area (TPSA) is 132 Å². The van der Waals surface area contributed by atoms with Crippen molar-refractivity contribution in [2.45, 2.75) is 166 Å². The van der Waals surface area contributed by atoms with E-state index in [1.165, 1.54) is 70.3 Å². The summed E-state index contributed by atoms with van der Waals surface area (Å²) < 4.78 is 22.7. The average molecular weight is 661 g/mol. The molecule has 9 heteroatoms. The van der Waals surface area contributed by atoms with Crippen molar-refractivity contribution >= 4 is 17.9 Å². The number of hydrogen-bond acceptors (Lipinski definition) is 9. The van der Waals surface area contributed by atoms with Crippen LogP contribution in [0.3, 0.4) is 0 Å². The number of rotatable bonds is 21. The van der Waals surface area contributed by atoms with E-state index in [0.717, 1.165) is 24.8 Å². The number of hydrogen-bond donors (Lipinski definition) is 2. The van der Waals surface area contributed by atoms with Gasteiger partial charge >= 0.3 is 17.9 Å². The second-order valence-corrected chi connectivity index (χ2v) is 13.9. The highest BCUT2D eigenvalue weighted by Crippen LogP contribution is 2.50. The van der Waals surface area contributed by atoms with Crippen LogP contribution in [0.15, 0.2) is 35.5 Å². The number of unbranched alkanes of at least 4 members (excludes halogenated alkanes) is 12. The first-order chi connectivity index (χ1) is 22.6. The Kier molecular flexibility index (Phi) is 16.7. The third kappa shape index (κ3) is 12.5. The molecule has 47 heavy (non-hydrogen) atoms. The molecule has 3 rings (SSSR count). The lowest BCUT2D eigenvalue weighted by Gasteiger charge is -2.28. The van der Waals surface area contributed by atoms with Crippen molar-refractivity contribution in [1.29, 1.82) is 0 Å². The van der Waals surface area contributed by atoms with Crippen LogP contribution in [0.2, 0.25) is 0 Å². The minimum atomic E-state index is -0.782. The number of aliphatic hydroxyl groups excluding tert-OH is 2. The Morgan fingerprint density at radius 3 is 2.30 bits per heavy atom. The monoisotopic (exact) mass is 660 g/mol. The Labute approximate surface area is 282 Å². The number of allylic oxidation sites excluding steroid dienone is 1. The van der Waals surface area contributed by atoms with Crippen molar-refractivity contribution in [1.82, 2.24) is 0 Å². The molecule has 0 aromatic carbocycles. The van der Waals surface area contributed by atoms with Gasteiger partial charge in [0.1, 0.15) is 30.5 Å². The van der Waals surface area contributed by atoms with Crippen LogP contribution in [-0.4, -0.2) is 71.4 Å². The summed E-state index contributed by atoms with van der Waals surface area (Å²) in [7, 11) is 0. The van der Waals surface area contributed by atoms with Gasteiger partial charge in [-0.25, -0.2) is 9.59 Å². The highest BCUT2D eigenvalue weighted by atomic mass is 16.7. The fourth-order valence-corrected chi connectivity index (χ4v) is 6.82. The molecule has 0 aromatic rings. The number of carbonyl (C=O) groups is 3. The first-order valence-corrected chi connectivity index (χ1v) is 18.2. The maximum absolute atomic E-state index is 13.1. The highest BCUT2D eigenvalue weighted by Gasteiger charge is 2.65. The van der Waals surface area contributed by atoms with Crippen molar-refractivity contribution < 1.29 is 43.5 Å². The highest BCUT2D eigenvalue weighted by molar-refractivity contribution is 5.92. The lowest BCUT2D eigenvalue weighted by molar-refractivity contribution is -0.149. The largest absolute Gasteiger partial charge is 0.461 e. The molecule has 6 atom stereocenters. The van der Waals surface area contributed by atoms with Crippen LogP contribution in [0.25, 0.3) is 0 Å². The third-order valence-electron chi connectivity index (χ3n) is 9.89. The van der Waals surface area contributed by atoms with E-state index in [1.54, 1.807) is 6.92 Å². The predicted molar refractivity (Wildman–Crippen MR) is 180 cm³/mol. The zero-order valence-electron chi connectivity index (χ0n) is 29.1. The van der Waals surface area contributed by atoms with E-state index in [4.69, 9.17) is 18.9 Å². The van der Waals surface area contributed by atoms with Crippen LogP contribution in [0.1, 0.15) is 136 Å². The van der Waals surface area contributed by atoms with Crippen molar-refractivity contribution in [3.05, 3.63) is 35.5 Å². The van der Waals surface area contributed by atoms with E-state index in [9.17, 15) is 24.6 Å². The third-order valence-corrected chi connectivity index (χ3v) is 9.89. The average Bonchev–Trinajstić information content (AvgIpc) is 3.68. The van der Waals surface area contributed by atoms with E-state index in [-0.39, 0.29) is 30.8 Å². The molecule has 3 aliphatic rings. The minimum Gasteiger partial charge on any atom is -0.461 e.